The van der Waals surface area contributed by atoms with Crippen molar-refractivity contribution in [3.8, 4) is 11.5 Å². The molecular formula is C14H13NO2. The standard InChI is InChI=1S/C14H13NO2/c1-16-13-9-7-12(8-10-13)11-15-17-14-5-3-2-4-6-14/h2-11H,1H3/b15-11+. The van der Waals surface area contributed by atoms with Gasteiger partial charge in [-0.15, -0.1) is 0 Å². The van der Waals surface area contributed by atoms with Crippen LogP contribution >= 0.6 is 0 Å². The minimum atomic E-state index is 0.720. The molecule has 0 saturated heterocycles. The van der Waals surface area contributed by atoms with Crippen molar-refractivity contribution >= 4 is 6.21 Å². The number of rotatable bonds is 4. The van der Waals surface area contributed by atoms with E-state index in [0.29, 0.717) is 0 Å². The van der Waals surface area contributed by atoms with Crippen LogP contribution in [0.5, 0.6) is 11.5 Å². The van der Waals surface area contributed by atoms with Crippen LogP contribution in [0.15, 0.2) is 59.8 Å². The monoisotopic (exact) mass is 227 g/mol. The van der Waals surface area contributed by atoms with E-state index in [0.717, 1.165) is 17.1 Å². The summed E-state index contributed by atoms with van der Waals surface area (Å²) in [7, 11) is 1.64. The Morgan fingerprint density at radius 2 is 1.59 bits per heavy atom. The van der Waals surface area contributed by atoms with E-state index in [1.54, 1.807) is 13.3 Å². The van der Waals surface area contributed by atoms with Crippen molar-refractivity contribution in [3.63, 3.8) is 0 Å². The first-order valence-corrected chi connectivity index (χ1v) is 5.28. The zero-order valence-corrected chi connectivity index (χ0v) is 9.54. The second kappa shape index (κ2) is 5.70. The van der Waals surface area contributed by atoms with E-state index in [4.69, 9.17) is 9.57 Å². The smallest absolute Gasteiger partial charge is 0.157 e. The summed E-state index contributed by atoms with van der Waals surface area (Å²) in [5.74, 6) is 1.54. The molecule has 0 atom stereocenters. The van der Waals surface area contributed by atoms with Crippen LogP contribution in [-0.2, 0) is 0 Å². The Balaban J connectivity index is 1.96. The maximum atomic E-state index is 5.20. The maximum Gasteiger partial charge on any atom is 0.157 e. The van der Waals surface area contributed by atoms with Gasteiger partial charge in [0.2, 0.25) is 0 Å². The maximum absolute atomic E-state index is 5.20. The molecule has 0 aromatic heterocycles. The molecule has 2 rings (SSSR count). The number of ether oxygens (including phenoxy) is 1. The lowest BCUT2D eigenvalue weighted by molar-refractivity contribution is 0.344. The van der Waals surface area contributed by atoms with E-state index in [1.165, 1.54) is 0 Å². The molecule has 86 valence electrons. The van der Waals surface area contributed by atoms with E-state index in [1.807, 2.05) is 54.6 Å². The molecule has 0 spiro atoms. The summed E-state index contributed by atoms with van der Waals surface area (Å²) in [6.45, 7) is 0. The average molecular weight is 227 g/mol. The Morgan fingerprint density at radius 1 is 0.882 bits per heavy atom. The molecule has 0 bridgehead atoms. The molecule has 0 amide bonds. The predicted octanol–water partition coefficient (Wildman–Crippen LogP) is 3.11. The van der Waals surface area contributed by atoms with Gasteiger partial charge >= 0.3 is 0 Å². The number of benzene rings is 2. The summed E-state index contributed by atoms with van der Waals surface area (Å²) < 4.78 is 5.07. The minimum Gasteiger partial charge on any atom is -0.497 e. The van der Waals surface area contributed by atoms with Crippen LogP contribution in [0.25, 0.3) is 0 Å². The van der Waals surface area contributed by atoms with Gasteiger partial charge < -0.3 is 9.57 Å². The molecule has 0 fully saturated rings. The van der Waals surface area contributed by atoms with E-state index in [2.05, 4.69) is 5.16 Å². The van der Waals surface area contributed by atoms with Gasteiger partial charge in [0.05, 0.1) is 13.3 Å². The third kappa shape index (κ3) is 3.34. The zero-order chi connectivity index (χ0) is 11.9. The summed E-state index contributed by atoms with van der Waals surface area (Å²) in [6, 6.07) is 17.0. The van der Waals surface area contributed by atoms with E-state index >= 15 is 0 Å². The van der Waals surface area contributed by atoms with Crippen molar-refractivity contribution in [2.24, 2.45) is 5.16 Å². The minimum absolute atomic E-state index is 0.720. The zero-order valence-electron chi connectivity index (χ0n) is 9.54. The quantitative estimate of drug-likeness (QED) is 0.593. The van der Waals surface area contributed by atoms with Gasteiger partial charge in [-0.05, 0) is 42.0 Å². The molecule has 0 saturated carbocycles. The van der Waals surface area contributed by atoms with Crippen LogP contribution in [-0.4, -0.2) is 13.3 Å². The molecule has 3 nitrogen and oxygen atoms in total. The van der Waals surface area contributed by atoms with Gasteiger partial charge in [-0.1, -0.05) is 23.4 Å². The van der Waals surface area contributed by atoms with E-state index in [-0.39, 0.29) is 0 Å². The lowest BCUT2D eigenvalue weighted by atomic mass is 10.2. The Bertz CT molecular complexity index is 477. The molecule has 2 aromatic carbocycles. The van der Waals surface area contributed by atoms with Crippen LogP contribution in [0.4, 0.5) is 0 Å². The number of para-hydroxylation sites is 1. The lowest BCUT2D eigenvalue weighted by Gasteiger charge is -1.99. The summed E-state index contributed by atoms with van der Waals surface area (Å²) in [5, 5.41) is 3.90. The van der Waals surface area contributed by atoms with Crippen LogP contribution in [0.2, 0.25) is 0 Å². The second-order valence-electron chi connectivity index (χ2n) is 3.41. The van der Waals surface area contributed by atoms with Gasteiger partial charge in [0.15, 0.2) is 5.75 Å². The normalized spacial score (nSPS) is 10.4. The number of nitrogens with zero attached hydrogens (tertiary/aromatic N) is 1. The lowest BCUT2D eigenvalue weighted by Crippen LogP contribution is -1.87. The van der Waals surface area contributed by atoms with Crippen molar-refractivity contribution in [2.75, 3.05) is 7.11 Å². The highest BCUT2D eigenvalue weighted by molar-refractivity contribution is 5.79. The first kappa shape index (κ1) is 11.2. The number of hydrogen-bond donors (Lipinski definition) is 0. The predicted molar refractivity (Wildman–Crippen MR) is 67.7 cm³/mol. The fraction of sp³-hybridized carbons (Fsp3) is 0.0714. The summed E-state index contributed by atoms with van der Waals surface area (Å²) in [6.07, 6.45) is 1.66. The first-order valence-electron chi connectivity index (χ1n) is 5.28. The number of methoxy groups -OCH3 is 1. The first-order chi connectivity index (χ1) is 8.38. The average Bonchev–Trinajstić information content (AvgIpc) is 2.41. The summed E-state index contributed by atoms with van der Waals surface area (Å²) in [4.78, 5) is 5.20. The highest BCUT2D eigenvalue weighted by atomic mass is 16.6. The molecule has 0 unspecified atom stereocenters. The Labute approximate surface area is 100 Å². The fourth-order valence-corrected chi connectivity index (χ4v) is 1.32. The second-order valence-corrected chi connectivity index (χ2v) is 3.41. The Morgan fingerprint density at radius 3 is 2.24 bits per heavy atom. The summed E-state index contributed by atoms with van der Waals surface area (Å²) >= 11 is 0. The molecule has 0 aliphatic rings. The molecule has 0 N–H and O–H groups in total. The topological polar surface area (TPSA) is 30.8 Å². The molecule has 0 aliphatic carbocycles. The largest absolute Gasteiger partial charge is 0.497 e. The molecule has 3 heteroatoms. The van der Waals surface area contributed by atoms with Gasteiger partial charge in [0.25, 0.3) is 0 Å². The van der Waals surface area contributed by atoms with Crippen molar-refractivity contribution in [2.45, 2.75) is 0 Å². The van der Waals surface area contributed by atoms with Crippen molar-refractivity contribution in [3.05, 3.63) is 60.2 Å². The molecular weight excluding hydrogens is 214 g/mol. The summed E-state index contributed by atoms with van der Waals surface area (Å²) in [5.41, 5.74) is 0.960. The van der Waals surface area contributed by atoms with Gasteiger partial charge in [-0.25, -0.2) is 0 Å². The highest BCUT2D eigenvalue weighted by Crippen LogP contribution is 2.11. The van der Waals surface area contributed by atoms with Crippen molar-refractivity contribution in [1.82, 2.24) is 0 Å². The Kier molecular flexibility index (Phi) is 3.76. The van der Waals surface area contributed by atoms with E-state index in [9.17, 15) is 0 Å². The Hall–Kier alpha value is -2.29. The molecule has 0 radical (unpaired) electrons. The van der Waals surface area contributed by atoms with Crippen LogP contribution < -0.4 is 9.57 Å². The molecule has 0 heterocycles. The SMILES string of the molecule is COc1ccc(/C=N/Oc2ccccc2)cc1. The van der Waals surface area contributed by atoms with Crippen LogP contribution in [0, 0.1) is 0 Å². The van der Waals surface area contributed by atoms with Crippen LogP contribution in [0.3, 0.4) is 0 Å². The van der Waals surface area contributed by atoms with Crippen molar-refractivity contribution < 1.29 is 9.57 Å². The number of oxime groups is 1. The third-order valence-electron chi connectivity index (χ3n) is 2.22. The number of hydrogen-bond acceptors (Lipinski definition) is 3. The van der Waals surface area contributed by atoms with E-state index < -0.39 is 0 Å². The highest BCUT2D eigenvalue weighted by Gasteiger charge is 1.91. The van der Waals surface area contributed by atoms with Crippen molar-refractivity contribution in [1.29, 1.82) is 0 Å². The van der Waals surface area contributed by atoms with Gasteiger partial charge in [0, 0.05) is 0 Å². The van der Waals surface area contributed by atoms with Gasteiger partial charge in [0.1, 0.15) is 5.75 Å². The third-order valence-corrected chi connectivity index (χ3v) is 2.22. The van der Waals surface area contributed by atoms with Crippen LogP contribution in [0.1, 0.15) is 5.56 Å². The van der Waals surface area contributed by atoms with Gasteiger partial charge in [-0.3, -0.25) is 0 Å². The molecule has 0 aliphatic heterocycles. The van der Waals surface area contributed by atoms with Gasteiger partial charge in [-0.2, -0.15) is 0 Å². The fourth-order valence-electron chi connectivity index (χ4n) is 1.32. The molecule has 17 heavy (non-hydrogen) atoms. The molecule has 2 aromatic rings.